The van der Waals surface area contributed by atoms with E-state index in [1.807, 2.05) is 24.3 Å². The summed E-state index contributed by atoms with van der Waals surface area (Å²) in [5, 5.41) is 4.04. The highest BCUT2D eigenvalue weighted by molar-refractivity contribution is 9.10. The Labute approximate surface area is 139 Å². The van der Waals surface area contributed by atoms with Gasteiger partial charge in [0.2, 0.25) is 0 Å². The van der Waals surface area contributed by atoms with Gasteiger partial charge in [-0.05, 0) is 40.9 Å². The molecule has 21 heavy (non-hydrogen) atoms. The number of hydrogen-bond donors (Lipinski definition) is 1. The van der Waals surface area contributed by atoms with E-state index in [1.54, 1.807) is 0 Å². The van der Waals surface area contributed by atoms with Crippen molar-refractivity contribution in [3.63, 3.8) is 0 Å². The number of aromatic nitrogens is 2. The van der Waals surface area contributed by atoms with Crippen molar-refractivity contribution in [2.24, 2.45) is 0 Å². The quantitative estimate of drug-likeness (QED) is 0.790. The van der Waals surface area contributed by atoms with Crippen LogP contribution in [0.15, 0.2) is 28.7 Å². The molecule has 2 rings (SSSR count). The van der Waals surface area contributed by atoms with Crippen LogP contribution in [0.4, 0.5) is 5.82 Å². The topological polar surface area (TPSA) is 37.8 Å². The van der Waals surface area contributed by atoms with Crippen LogP contribution in [0.5, 0.6) is 0 Å². The van der Waals surface area contributed by atoms with Crippen molar-refractivity contribution in [2.45, 2.75) is 33.1 Å². The van der Waals surface area contributed by atoms with E-state index in [4.69, 9.17) is 11.6 Å². The molecule has 0 aliphatic carbocycles. The van der Waals surface area contributed by atoms with E-state index in [2.05, 4.69) is 45.1 Å². The molecule has 0 radical (unpaired) electrons. The third kappa shape index (κ3) is 4.17. The van der Waals surface area contributed by atoms with E-state index in [9.17, 15) is 0 Å². The van der Waals surface area contributed by atoms with Crippen LogP contribution >= 0.6 is 27.5 Å². The van der Waals surface area contributed by atoms with Gasteiger partial charge in [0.15, 0.2) is 0 Å². The first-order valence-corrected chi connectivity index (χ1v) is 8.35. The highest BCUT2D eigenvalue weighted by Gasteiger charge is 2.12. The van der Waals surface area contributed by atoms with Gasteiger partial charge < -0.3 is 5.32 Å². The molecule has 0 aliphatic heterocycles. The lowest BCUT2D eigenvalue weighted by molar-refractivity contribution is 0.834. The minimum atomic E-state index is 0.641. The van der Waals surface area contributed by atoms with Crippen LogP contribution in [-0.4, -0.2) is 16.5 Å². The lowest BCUT2D eigenvalue weighted by Gasteiger charge is -2.12. The largest absolute Gasteiger partial charge is 0.369 e. The normalized spacial score (nSPS) is 10.7. The van der Waals surface area contributed by atoms with Crippen LogP contribution < -0.4 is 5.32 Å². The molecule has 1 aromatic carbocycles. The maximum Gasteiger partial charge on any atom is 0.144 e. The lowest BCUT2D eigenvalue weighted by atomic mass is 10.1. The van der Waals surface area contributed by atoms with Gasteiger partial charge in [-0.1, -0.05) is 43.1 Å². The summed E-state index contributed by atoms with van der Waals surface area (Å²) in [5.74, 6) is 1.66. The molecule has 5 heteroatoms. The molecule has 0 saturated heterocycles. The van der Waals surface area contributed by atoms with E-state index in [0.717, 1.165) is 51.8 Å². The molecular formula is C16H19BrClN3. The number of rotatable bonds is 6. The minimum absolute atomic E-state index is 0.641. The zero-order chi connectivity index (χ0) is 15.2. The molecule has 2 aromatic rings. The van der Waals surface area contributed by atoms with E-state index >= 15 is 0 Å². The Balaban J connectivity index is 2.36. The Morgan fingerprint density at radius 3 is 2.62 bits per heavy atom. The predicted octanol–water partition coefficient (Wildman–Crippen LogP) is 4.87. The number of aryl methyl sites for hydroxylation is 1. The number of nitrogens with zero attached hydrogens (tertiary/aromatic N) is 2. The molecule has 112 valence electrons. The number of anilines is 1. The number of benzene rings is 1. The van der Waals surface area contributed by atoms with E-state index in [-0.39, 0.29) is 0 Å². The van der Waals surface area contributed by atoms with Crippen molar-refractivity contribution < 1.29 is 0 Å². The van der Waals surface area contributed by atoms with Gasteiger partial charge in [0.05, 0.1) is 10.2 Å². The summed E-state index contributed by atoms with van der Waals surface area (Å²) in [4.78, 5) is 9.30. The Hall–Kier alpha value is -1.13. The first-order chi connectivity index (χ1) is 10.2. The number of hydrogen-bond acceptors (Lipinski definition) is 3. The molecule has 0 saturated carbocycles. The Morgan fingerprint density at radius 1 is 1.19 bits per heavy atom. The van der Waals surface area contributed by atoms with Crippen molar-refractivity contribution in [1.29, 1.82) is 0 Å². The van der Waals surface area contributed by atoms with Crippen molar-refractivity contribution in [3.05, 3.63) is 50.8 Å². The average Bonchev–Trinajstić information content (AvgIpc) is 2.47. The maximum atomic E-state index is 6.23. The molecule has 0 unspecified atom stereocenters. The van der Waals surface area contributed by atoms with Gasteiger partial charge in [0.25, 0.3) is 0 Å². The molecule has 0 bridgehead atoms. The first kappa shape index (κ1) is 16.2. The highest BCUT2D eigenvalue weighted by Crippen LogP contribution is 2.26. The molecule has 0 aliphatic rings. The fourth-order valence-corrected chi connectivity index (χ4v) is 2.84. The summed E-state index contributed by atoms with van der Waals surface area (Å²) in [5.41, 5.74) is 2.09. The Bertz CT molecular complexity index is 589. The average molecular weight is 369 g/mol. The second kappa shape index (κ2) is 7.76. The van der Waals surface area contributed by atoms with Crippen molar-refractivity contribution in [2.75, 3.05) is 11.9 Å². The molecule has 0 amide bonds. The first-order valence-electron chi connectivity index (χ1n) is 7.18. The highest BCUT2D eigenvalue weighted by atomic mass is 79.9. The maximum absolute atomic E-state index is 6.23. The van der Waals surface area contributed by atoms with Crippen LogP contribution in [-0.2, 0) is 12.8 Å². The fourth-order valence-electron chi connectivity index (χ4n) is 2.12. The van der Waals surface area contributed by atoms with Gasteiger partial charge in [-0.15, -0.1) is 0 Å². The fraction of sp³-hybridized carbons (Fsp3) is 0.375. The van der Waals surface area contributed by atoms with Gasteiger partial charge in [-0.25, -0.2) is 9.97 Å². The standard InChI is InChI=1S/C16H19BrClN3/c1-3-7-13-15(17)16(19-4-2)21-14(20-13)10-11-8-5-6-9-12(11)18/h5-6,8-9H,3-4,7,10H2,1-2H3,(H,19,20,21). The van der Waals surface area contributed by atoms with Crippen molar-refractivity contribution >= 4 is 33.3 Å². The SMILES string of the molecule is CCCc1nc(Cc2ccccc2Cl)nc(NCC)c1Br. The second-order valence-electron chi connectivity index (χ2n) is 4.80. The molecule has 0 atom stereocenters. The summed E-state index contributed by atoms with van der Waals surface area (Å²) in [6, 6.07) is 7.83. The number of nitrogens with one attached hydrogen (secondary N) is 1. The molecule has 3 nitrogen and oxygen atoms in total. The number of halogens is 2. The van der Waals surface area contributed by atoms with Gasteiger partial charge in [-0.2, -0.15) is 0 Å². The second-order valence-corrected chi connectivity index (χ2v) is 6.00. The van der Waals surface area contributed by atoms with Crippen molar-refractivity contribution in [1.82, 2.24) is 9.97 Å². The smallest absolute Gasteiger partial charge is 0.144 e. The van der Waals surface area contributed by atoms with Gasteiger partial charge >= 0.3 is 0 Å². The van der Waals surface area contributed by atoms with E-state index in [1.165, 1.54) is 0 Å². The summed E-state index contributed by atoms with van der Waals surface area (Å²) in [6.07, 6.45) is 2.62. The summed E-state index contributed by atoms with van der Waals surface area (Å²) in [6.45, 7) is 5.03. The third-order valence-electron chi connectivity index (χ3n) is 3.10. The van der Waals surface area contributed by atoms with Gasteiger partial charge in [0.1, 0.15) is 11.6 Å². The van der Waals surface area contributed by atoms with Gasteiger partial charge in [-0.3, -0.25) is 0 Å². The van der Waals surface area contributed by atoms with Crippen LogP contribution in [0.2, 0.25) is 5.02 Å². The van der Waals surface area contributed by atoms with Gasteiger partial charge in [0, 0.05) is 18.0 Å². The Morgan fingerprint density at radius 2 is 1.95 bits per heavy atom. The van der Waals surface area contributed by atoms with E-state index in [0.29, 0.717) is 6.42 Å². The lowest BCUT2D eigenvalue weighted by Crippen LogP contribution is -2.08. The molecule has 1 heterocycles. The third-order valence-corrected chi connectivity index (χ3v) is 4.31. The molecular weight excluding hydrogens is 350 g/mol. The molecule has 0 fully saturated rings. The van der Waals surface area contributed by atoms with E-state index < -0.39 is 0 Å². The zero-order valence-electron chi connectivity index (χ0n) is 12.3. The predicted molar refractivity (Wildman–Crippen MR) is 92.1 cm³/mol. The zero-order valence-corrected chi connectivity index (χ0v) is 14.6. The van der Waals surface area contributed by atoms with Crippen LogP contribution in [0.1, 0.15) is 37.4 Å². The van der Waals surface area contributed by atoms with Crippen LogP contribution in [0, 0.1) is 0 Å². The Kier molecular flexibility index (Phi) is 6.00. The molecule has 0 spiro atoms. The molecule has 1 aromatic heterocycles. The monoisotopic (exact) mass is 367 g/mol. The summed E-state index contributed by atoms with van der Waals surface area (Å²) >= 11 is 9.83. The summed E-state index contributed by atoms with van der Waals surface area (Å²) in [7, 11) is 0. The van der Waals surface area contributed by atoms with Crippen LogP contribution in [0.3, 0.4) is 0 Å². The minimum Gasteiger partial charge on any atom is -0.369 e. The molecule has 1 N–H and O–H groups in total. The summed E-state index contributed by atoms with van der Waals surface area (Å²) < 4.78 is 0.967. The van der Waals surface area contributed by atoms with Crippen LogP contribution in [0.25, 0.3) is 0 Å². The van der Waals surface area contributed by atoms with Crippen molar-refractivity contribution in [3.8, 4) is 0 Å².